The maximum absolute atomic E-state index is 5.21. The number of nitrogens with zero attached hydrogens (tertiary/aromatic N) is 3. The highest BCUT2D eigenvalue weighted by Gasteiger charge is 2.22. The van der Waals surface area contributed by atoms with Crippen LogP contribution in [0.2, 0.25) is 0 Å². The minimum Gasteiger partial charge on any atom is -0.344 e. The molecule has 0 spiro atoms. The predicted molar refractivity (Wildman–Crippen MR) is 215 cm³/mol. The molecule has 51 heavy (non-hydrogen) atoms. The molecule has 1 unspecified atom stereocenters. The first-order chi connectivity index (χ1) is 25.2. The van der Waals surface area contributed by atoms with Crippen LogP contribution in [0.3, 0.4) is 0 Å². The molecule has 1 aliphatic rings. The predicted octanol–water partition coefficient (Wildman–Crippen LogP) is 11.6. The number of pyridine rings is 1. The number of para-hydroxylation sites is 1. The van der Waals surface area contributed by atoms with Gasteiger partial charge in [-0.05, 0) is 51.7 Å². The van der Waals surface area contributed by atoms with Gasteiger partial charge in [0, 0.05) is 42.2 Å². The van der Waals surface area contributed by atoms with Crippen molar-refractivity contribution in [2.45, 2.75) is 6.17 Å². The van der Waals surface area contributed by atoms with Gasteiger partial charge >= 0.3 is 0 Å². The van der Waals surface area contributed by atoms with E-state index in [4.69, 9.17) is 15.0 Å². The van der Waals surface area contributed by atoms with Gasteiger partial charge in [0.1, 0.15) is 12.0 Å². The van der Waals surface area contributed by atoms with E-state index in [2.05, 4.69) is 157 Å². The maximum atomic E-state index is 5.21. The fourth-order valence-electron chi connectivity index (χ4n) is 7.13. The van der Waals surface area contributed by atoms with Crippen LogP contribution in [0.1, 0.15) is 22.9 Å². The quantitative estimate of drug-likeness (QED) is 0.198. The Morgan fingerprint density at radius 2 is 1.20 bits per heavy atom. The Kier molecular flexibility index (Phi) is 7.03. The van der Waals surface area contributed by atoms with Crippen molar-refractivity contribution in [3.63, 3.8) is 0 Å². The van der Waals surface area contributed by atoms with Crippen LogP contribution in [0.15, 0.2) is 180 Å². The zero-order valence-corrected chi connectivity index (χ0v) is 28.3. The number of thiophene rings is 1. The van der Waals surface area contributed by atoms with Gasteiger partial charge in [-0.1, -0.05) is 146 Å². The largest absolute Gasteiger partial charge is 0.344 e. The molecule has 0 saturated carbocycles. The molecule has 0 fully saturated rings. The molecule has 0 saturated heterocycles. The maximum Gasteiger partial charge on any atom is 0.159 e. The van der Waals surface area contributed by atoms with Gasteiger partial charge < -0.3 is 5.32 Å². The van der Waals surface area contributed by atoms with Crippen LogP contribution in [-0.2, 0) is 0 Å². The van der Waals surface area contributed by atoms with E-state index in [-0.39, 0.29) is 6.17 Å². The first-order valence-electron chi connectivity index (χ1n) is 17.1. The lowest BCUT2D eigenvalue weighted by Gasteiger charge is -2.24. The summed E-state index contributed by atoms with van der Waals surface area (Å²) in [6.07, 6.45) is -0.269. The molecule has 240 valence electrons. The molecule has 1 atom stereocenters. The summed E-state index contributed by atoms with van der Waals surface area (Å²) in [7, 11) is 0. The van der Waals surface area contributed by atoms with Gasteiger partial charge in [0.2, 0.25) is 0 Å². The Morgan fingerprint density at radius 1 is 0.510 bits per heavy atom. The van der Waals surface area contributed by atoms with Crippen molar-refractivity contribution < 1.29 is 0 Å². The highest BCUT2D eigenvalue weighted by molar-refractivity contribution is 7.26. The Balaban J connectivity index is 1.06. The van der Waals surface area contributed by atoms with E-state index in [0.717, 1.165) is 50.4 Å². The van der Waals surface area contributed by atoms with Gasteiger partial charge in [0.15, 0.2) is 5.84 Å². The van der Waals surface area contributed by atoms with Gasteiger partial charge in [-0.2, -0.15) is 0 Å². The van der Waals surface area contributed by atoms with E-state index < -0.39 is 0 Å². The smallest absolute Gasteiger partial charge is 0.159 e. The molecule has 2 aromatic heterocycles. The standard InChI is InChI=1S/C46H30N4S/c1-3-12-31(13-4-1)42-41-38-28-35(25-26-40(38)51-43(41)37-17-9-10-18-39(37)47-42)30-19-22-33(23-20-30)45-48-44(32-14-5-2-6-15-32)49-46(50-45)36-24-21-29-11-7-8-16-34(29)27-36/h1-28,46H,(H,48,49,50). The number of aliphatic imine (C=N–C) groups is 2. The molecule has 0 radical (unpaired) electrons. The van der Waals surface area contributed by atoms with E-state index in [9.17, 15) is 0 Å². The minimum absolute atomic E-state index is 0.269. The summed E-state index contributed by atoms with van der Waals surface area (Å²) in [5.74, 6) is 1.52. The normalized spacial score (nSPS) is 14.5. The Morgan fingerprint density at radius 3 is 2.02 bits per heavy atom. The number of rotatable bonds is 5. The lowest BCUT2D eigenvalue weighted by atomic mass is 9.98. The number of aromatic nitrogens is 1. The summed E-state index contributed by atoms with van der Waals surface area (Å²) >= 11 is 1.85. The Hall–Kier alpha value is -6.43. The van der Waals surface area contributed by atoms with Gasteiger partial charge in [0.05, 0.1) is 11.2 Å². The molecular formula is C46H30N4S. The van der Waals surface area contributed by atoms with Gasteiger partial charge in [-0.3, -0.25) is 0 Å². The van der Waals surface area contributed by atoms with E-state index in [1.807, 2.05) is 29.5 Å². The third-order valence-corrected chi connectivity index (χ3v) is 10.9. The average molecular weight is 671 g/mol. The van der Waals surface area contributed by atoms with Crippen molar-refractivity contribution in [3.05, 3.63) is 187 Å². The number of amidine groups is 2. The first-order valence-corrected chi connectivity index (χ1v) is 18.0. The van der Waals surface area contributed by atoms with Crippen LogP contribution in [0, 0.1) is 0 Å². The minimum atomic E-state index is -0.269. The first kappa shape index (κ1) is 29.5. The highest BCUT2D eigenvalue weighted by atomic mass is 32.1. The zero-order valence-electron chi connectivity index (χ0n) is 27.5. The fraction of sp³-hybridized carbons (Fsp3) is 0.0217. The van der Waals surface area contributed by atoms with E-state index in [1.165, 1.54) is 36.3 Å². The van der Waals surface area contributed by atoms with Crippen LogP contribution >= 0.6 is 11.3 Å². The Labute approximate surface area is 299 Å². The summed E-state index contributed by atoms with van der Waals surface area (Å²) in [4.78, 5) is 15.4. The topological polar surface area (TPSA) is 49.6 Å². The second kappa shape index (κ2) is 12.2. The van der Waals surface area contributed by atoms with E-state index in [1.54, 1.807) is 0 Å². The summed E-state index contributed by atoms with van der Waals surface area (Å²) in [6.45, 7) is 0. The van der Waals surface area contributed by atoms with E-state index >= 15 is 0 Å². The zero-order chi connectivity index (χ0) is 33.7. The van der Waals surface area contributed by atoms with Gasteiger partial charge in [-0.15, -0.1) is 11.3 Å². The lowest BCUT2D eigenvalue weighted by Crippen LogP contribution is -2.33. The number of nitrogens with one attached hydrogen (secondary N) is 1. The number of hydrogen-bond acceptors (Lipinski definition) is 5. The second-order valence-corrected chi connectivity index (χ2v) is 13.9. The monoisotopic (exact) mass is 670 g/mol. The van der Waals surface area contributed by atoms with Crippen molar-refractivity contribution in [1.29, 1.82) is 0 Å². The fourth-order valence-corrected chi connectivity index (χ4v) is 8.35. The van der Waals surface area contributed by atoms with Crippen molar-refractivity contribution in [3.8, 4) is 22.4 Å². The van der Waals surface area contributed by atoms with Gasteiger partial charge in [0.25, 0.3) is 0 Å². The molecule has 10 rings (SSSR count). The molecular weight excluding hydrogens is 641 g/mol. The molecule has 4 nitrogen and oxygen atoms in total. The molecule has 0 aliphatic carbocycles. The molecule has 3 heterocycles. The molecule has 7 aromatic carbocycles. The molecule has 0 bridgehead atoms. The summed E-state index contributed by atoms with van der Waals surface area (Å²) in [5.41, 5.74) is 8.58. The third kappa shape index (κ3) is 5.27. The van der Waals surface area contributed by atoms with Crippen LogP contribution < -0.4 is 5.32 Å². The van der Waals surface area contributed by atoms with Crippen molar-refractivity contribution in [2.75, 3.05) is 0 Å². The van der Waals surface area contributed by atoms with Crippen molar-refractivity contribution in [1.82, 2.24) is 10.3 Å². The number of fused-ring (bicyclic) bond motifs is 6. The summed E-state index contributed by atoms with van der Waals surface area (Å²) in [6, 6.07) is 59.7. The van der Waals surface area contributed by atoms with Crippen molar-refractivity contribution >= 4 is 64.9 Å². The average Bonchev–Trinajstić information content (AvgIpc) is 3.60. The van der Waals surface area contributed by atoms with Crippen LogP contribution in [-0.4, -0.2) is 16.7 Å². The number of hydrogen-bond donors (Lipinski definition) is 1. The molecule has 5 heteroatoms. The summed E-state index contributed by atoms with van der Waals surface area (Å²) < 4.78 is 2.53. The third-order valence-electron chi connectivity index (χ3n) is 9.71. The highest BCUT2D eigenvalue weighted by Crippen LogP contribution is 2.44. The SMILES string of the molecule is c1ccc(C2=NC(c3ccc(-c4ccc5sc6c7ccccc7nc(-c7ccccc7)c6c5c4)cc3)=NC(c3ccc4ccccc4c3)N2)cc1. The molecule has 0 amide bonds. The van der Waals surface area contributed by atoms with Crippen LogP contribution in [0.5, 0.6) is 0 Å². The lowest BCUT2D eigenvalue weighted by molar-refractivity contribution is 0.675. The molecule has 1 aliphatic heterocycles. The van der Waals surface area contributed by atoms with Crippen LogP contribution in [0.4, 0.5) is 0 Å². The van der Waals surface area contributed by atoms with E-state index in [0.29, 0.717) is 5.84 Å². The van der Waals surface area contributed by atoms with Gasteiger partial charge in [-0.25, -0.2) is 15.0 Å². The second-order valence-electron chi connectivity index (χ2n) is 12.9. The summed E-state index contributed by atoms with van der Waals surface area (Å²) in [5, 5.41) is 9.64. The molecule has 9 aromatic rings. The van der Waals surface area contributed by atoms with Crippen LogP contribution in [0.25, 0.3) is 64.2 Å². The van der Waals surface area contributed by atoms with Crippen molar-refractivity contribution in [2.24, 2.45) is 9.98 Å². The number of benzene rings is 7. The molecule has 1 N–H and O–H groups in total. The Bertz CT molecular complexity index is 2820.